The van der Waals surface area contributed by atoms with E-state index in [4.69, 9.17) is 12.2 Å². The molecule has 2 fully saturated rings. The van der Waals surface area contributed by atoms with Gasteiger partial charge in [0.2, 0.25) is 0 Å². The van der Waals surface area contributed by atoms with E-state index >= 15 is 0 Å². The van der Waals surface area contributed by atoms with Crippen molar-refractivity contribution in [1.82, 2.24) is 19.7 Å². The first-order chi connectivity index (χ1) is 9.33. The van der Waals surface area contributed by atoms with Gasteiger partial charge in [-0.05, 0) is 55.4 Å². The Balaban J connectivity index is 1.80. The molecule has 2 aliphatic rings. The molecule has 98 valence electrons. The lowest BCUT2D eigenvalue weighted by Gasteiger charge is -2.24. The van der Waals surface area contributed by atoms with Crippen molar-refractivity contribution in [2.75, 3.05) is 0 Å². The average Bonchev–Trinajstić information content (AvgIpc) is 3.14. The van der Waals surface area contributed by atoms with Crippen molar-refractivity contribution in [1.29, 1.82) is 0 Å². The molecule has 2 aromatic rings. The topological polar surface area (TPSA) is 46.5 Å². The van der Waals surface area contributed by atoms with Gasteiger partial charge in [-0.1, -0.05) is 6.42 Å². The number of nitrogens with zero attached hydrogens (tertiary/aromatic N) is 3. The minimum atomic E-state index is 0.528. The Kier molecular flexibility index (Phi) is 2.55. The summed E-state index contributed by atoms with van der Waals surface area (Å²) in [6.07, 6.45) is 9.00. The maximum Gasteiger partial charge on any atom is 0.195 e. The van der Waals surface area contributed by atoms with Crippen LogP contribution in [0.5, 0.6) is 0 Å². The first-order valence-electron chi connectivity index (χ1n) is 6.90. The third-order valence-corrected chi connectivity index (χ3v) is 4.94. The molecule has 2 aliphatic carbocycles. The Labute approximate surface area is 116 Å². The molecule has 0 amide bonds. The Morgan fingerprint density at radius 3 is 2.95 bits per heavy atom. The number of nitrogens with one attached hydrogen (secondary N) is 1. The number of H-pyrrole nitrogens is 1. The quantitative estimate of drug-likeness (QED) is 0.853. The summed E-state index contributed by atoms with van der Waals surface area (Å²) < 4.78 is 2.98. The predicted molar refractivity (Wildman–Crippen MR) is 75.1 cm³/mol. The summed E-state index contributed by atoms with van der Waals surface area (Å²) >= 11 is 5.45. The fraction of sp³-hybridized carbons (Fsp3) is 0.500. The molecule has 4 nitrogen and oxygen atoms in total. The minimum Gasteiger partial charge on any atom is -0.297 e. The summed E-state index contributed by atoms with van der Waals surface area (Å²) in [5.74, 6) is 2.62. The van der Waals surface area contributed by atoms with Crippen LogP contribution >= 0.6 is 12.2 Å². The van der Waals surface area contributed by atoms with Gasteiger partial charge in [0, 0.05) is 24.0 Å². The first-order valence-corrected chi connectivity index (χ1v) is 7.31. The van der Waals surface area contributed by atoms with Crippen molar-refractivity contribution >= 4 is 12.2 Å². The second kappa shape index (κ2) is 4.27. The molecule has 3 unspecified atom stereocenters. The number of hydrogen-bond acceptors (Lipinski definition) is 3. The van der Waals surface area contributed by atoms with Crippen LogP contribution in [0.3, 0.4) is 0 Å². The molecule has 0 spiro atoms. The number of aromatic amines is 1. The highest BCUT2D eigenvalue weighted by Crippen LogP contribution is 2.51. The number of pyridine rings is 1. The summed E-state index contributed by atoms with van der Waals surface area (Å²) in [5.41, 5.74) is 1.04. The first kappa shape index (κ1) is 11.3. The highest BCUT2D eigenvalue weighted by atomic mass is 32.1. The van der Waals surface area contributed by atoms with Gasteiger partial charge in [0.1, 0.15) is 0 Å². The third kappa shape index (κ3) is 1.75. The maximum atomic E-state index is 5.45. The van der Waals surface area contributed by atoms with Gasteiger partial charge in [0.15, 0.2) is 10.6 Å². The van der Waals surface area contributed by atoms with Crippen LogP contribution in [-0.2, 0) is 0 Å². The molecule has 2 heterocycles. The summed E-state index contributed by atoms with van der Waals surface area (Å²) in [6, 6.07) is 4.51. The molecular formula is C14H16N4S. The minimum absolute atomic E-state index is 0.528. The van der Waals surface area contributed by atoms with Crippen molar-refractivity contribution in [2.24, 2.45) is 11.8 Å². The molecular weight excluding hydrogens is 256 g/mol. The van der Waals surface area contributed by atoms with Crippen molar-refractivity contribution < 1.29 is 0 Å². The molecule has 5 heteroatoms. The normalized spacial score (nSPS) is 28.9. The SMILES string of the molecule is S=c1[nH]nc(-c2cccnc2)n1C1CC2CCC1C2. The second-order valence-electron chi connectivity index (χ2n) is 5.71. The molecule has 4 rings (SSSR count). The van der Waals surface area contributed by atoms with Crippen molar-refractivity contribution in [3.8, 4) is 11.4 Å². The molecule has 0 aliphatic heterocycles. The molecule has 0 radical (unpaired) electrons. The number of rotatable bonds is 2. The van der Waals surface area contributed by atoms with E-state index in [-0.39, 0.29) is 0 Å². The van der Waals surface area contributed by atoms with E-state index in [0.29, 0.717) is 6.04 Å². The van der Waals surface area contributed by atoms with Crippen LogP contribution in [-0.4, -0.2) is 19.7 Å². The Hall–Kier alpha value is -1.49. The fourth-order valence-corrected chi connectivity index (χ4v) is 4.11. The van der Waals surface area contributed by atoms with Gasteiger partial charge in [-0.25, -0.2) is 0 Å². The highest BCUT2D eigenvalue weighted by Gasteiger charge is 2.41. The fourth-order valence-electron chi connectivity index (χ4n) is 3.84. The van der Waals surface area contributed by atoms with E-state index in [1.54, 1.807) is 6.20 Å². The maximum absolute atomic E-state index is 5.45. The number of hydrogen-bond donors (Lipinski definition) is 1. The third-order valence-electron chi connectivity index (χ3n) is 4.66. The molecule has 3 atom stereocenters. The van der Waals surface area contributed by atoms with Crippen molar-refractivity contribution in [3.63, 3.8) is 0 Å². The predicted octanol–water partition coefficient (Wildman–Crippen LogP) is 3.36. The lowest BCUT2D eigenvalue weighted by molar-refractivity contribution is 0.329. The lowest BCUT2D eigenvalue weighted by Crippen LogP contribution is -2.17. The Morgan fingerprint density at radius 1 is 1.32 bits per heavy atom. The summed E-state index contributed by atoms with van der Waals surface area (Å²) in [6.45, 7) is 0. The highest BCUT2D eigenvalue weighted by molar-refractivity contribution is 7.71. The van der Waals surface area contributed by atoms with Gasteiger partial charge < -0.3 is 0 Å². The monoisotopic (exact) mass is 272 g/mol. The zero-order chi connectivity index (χ0) is 12.8. The van der Waals surface area contributed by atoms with Gasteiger partial charge >= 0.3 is 0 Å². The largest absolute Gasteiger partial charge is 0.297 e. The van der Waals surface area contributed by atoms with Crippen molar-refractivity contribution in [3.05, 3.63) is 29.3 Å². The van der Waals surface area contributed by atoms with Crippen LogP contribution in [0.1, 0.15) is 31.7 Å². The van der Waals surface area contributed by atoms with Gasteiger partial charge in [-0.3, -0.25) is 14.6 Å². The Bertz CT molecular complexity index is 645. The van der Waals surface area contributed by atoms with E-state index < -0.39 is 0 Å². The molecule has 0 saturated heterocycles. The zero-order valence-electron chi connectivity index (χ0n) is 10.6. The molecule has 2 aromatic heterocycles. The standard InChI is InChI=1S/C14H16N4S/c19-14-17-16-13(11-2-1-5-15-8-11)18(14)12-7-9-3-4-10(12)6-9/h1-2,5,8-10,12H,3-4,6-7H2,(H,17,19). The average molecular weight is 272 g/mol. The van der Waals surface area contributed by atoms with Crippen molar-refractivity contribution in [2.45, 2.75) is 31.7 Å². The molecule has 1 N–H and O–H groups in total. The van der Waals surface area contributed by atoms with Crippen LogP contribution < -0.4 is 0 Å². The Morgan fingerprint density at radius 2 is 2.26 bits per heavy atom. The van der Waals surface area contributed by atoms with Gasteiger partial charge in [0.25, 0.3) is 0 Å². The van der Waals surface area contributed by atoms with E-state index in [9.17, 15) is 0 Å². The van der Waals surface area contributed by atoms with Gasteiger partial charge in [0.05, 0.1) is 0 Å². The van der Waals surface area contributed by atoms with Crippen LogP contribution in [0.15, 0.2) is 24.5 Å². The smallest absolute Gasteiger partial charge is 0.195 e. The summed E-state index contributed by atoms with van der Waals surface area (Å²) in [5, 5.41) is 7.38. The molecule has 2 bridgehead atoms. The molecule has 0 aromatic carbocycles. The van der Waals surface area contributed by atoms with Crippen LogP contribution in [0.4, 0.5) is 0 Å². The number of fused-ring (bicyclic) bond motifs is 2. The zero-order valence-corrected chi connectivity index (χ0v) is 11.4. The van der Waals surface area contributed by atoms with Crippen LogP contribution in [0, 0.1) is 16.6 Å². The second-order valence-corrected chi connectivity index (χ2v) is 6.09. The van der Waals surface area contributed by atoms with E-state index in [1.807, 2.05) is 18.3 Å². The molecule has 2 saturated carbocycles. The number of aromatic nitrogens is 4. The van der Waals surface area contributed by atoms with E-state index in [1.165, 1.54) is 25.7 Å². The summed E-state index contributed by atoms with van der Waals surface area (Å²) in [4.78, 5) is 4.18. The van der Waals surface area contributed by atoms with E-state index in [0.717, 1.165) is 28.0 Å². The van der Waals surface area contributed by atoms with Crippen LogP contribution in [0.25, 0.3) is 11.4 Å². The van der Waals surface area contributed by atoms with Gasteiger partial charge in [-0.15, -0.1) is 0 Å². The lowest BCUT2D eigenvalue weighted by atomic mass is 9.95. The summed E-state index contributed by atoms with van der Waals surface area (Å²) in [7, 11) is 0. The van der Waals surface area contributed by atoms with Gasteiger partial charge in [-0.2, -0.15) is 5.10 Å². The molecule has 19 heavy (non-hydrogen) atoms. The van der Waals surface area contributed by atoms with Crippen LogP contribution in [0.2, 0.25) is 0 Å². The van der Waals surface area contributed by atoms with E-state index in [2.05, 4.69) is 19.7 Å².